The minimum Gasteiger partial charge on any atom is -0.274 e. The lowest BCUT2D eigenvalue weighted by molar-refractivity contribution is -0.118. The highest BCUT2D eigenvalue weighted by molar-refractivity contribution is 9.10. The summed E-state index contributed by atoms with van der Waals surface area (Å²) in [5.41, 5.74) is 1.70. The van der Waals surface area contributed by atoms with Gasteiger partial charge < -0.3 is 0 Å². The fourth-order valence-corrected chi connectivity index (χ4v) is 3.00. The van der Waals surface area contributed by atoms with Crippen LogP contribution in [0, 0.1) is 6.92 Å². The van der Waals surface area contributed by atoms with Crippen LogP contribution in [0.4, 0.5) is 0 Å². The SMILES string of the molecule is Cc1ccc(S(=O)(=O)NC(=O)Cc2ccc(Br)cc2)cc1. The second-order valence-electron chi connectivity index (χ2n) is 4.64. The van der Waals surface area contributed by atoms with Crippen molar-refractivity contribution in [1.82, 2.24) is 4.72 Å². The third-order valence-corrected chi connectivity index (χ3v) is 4.78. The molecule has 0 heterocycles. The molecule has 4 nitrogen and oxygen atoms in total. The van der Waals surface area contributed by atoms with E-state index in [9.17, 15) is 13.2 Å². The van der Waals surface area contributed by atoms with E-state index < -0.39 is 15.9 Å². The highest BCUT2D eigenvalue weighted by Gasteiger charge is 2.17. The van der Waals surface area contributed by atoms with Crippen LogP contribution in [0.2, 0.25) is 0 Å². The van der Waals surface area contributed by atoms with E-state index in [0.29, 0.717) is 0 Å². The molecule has 0 unspecified atom stereocenters. The predicted molar refractivity (Wildman–Crippen MR) is 84.4 cm³/mol. The van der Waals surface area contributed by atoms with Gasteiger partial charge in [0.25, 0.3) is 10.0 Å². The molecule has 1 N–H and O–H groups in total. The van der Waals surface area contributed by atoms with E-state index in [1.807, 2.05) is 6.92 Å². The first-order valence-electron chi connectivity index (χ1n) is 6.23. The summed E-state index contributed by atoms with van der Waals surface area (Å²) in [6.45, 7) is 1.86. The minimum atomic E-state index is -3.81. The Hall–Kier alpha value is -1.66. The van der Waals surface area contributed by atoms with E-state index in [1.165, 1.54) is 12.1 Å². The topological polar surface area (TPSA) is 63.2 Å². The van der Waals surface area contributed by atoms with Crippen LogP contribution >= 0.6 is 15.9 Å². The van der Waals surface area contributed by atoms with Gasteiger partial charge in [-0.05, 0) is 36.8 Å². The fraction of sp³-hybridized carbons (Fsp3) is 0.133. The first-order chi connectivity index (χ1) is 9.87. The van der Waals surface area contributed by atoms with Gasteiger partial charge >= 0.3 is 0 Å². The molecule has 0 spiro atoms. The lowest BCUT2D eigenvalue weighted by atomic mass is 10.1. The number of hydrogen-bond donors (Lipinski definition) is 1. The highest BCUT2D eigenvalue weighted by Crippen LogP contribution is 2.12. The van der Waals surface area contributed by atoms with Crippen LogP contribution in [0.1, 0.15) is 11.1 Å². The molecule has 0 saturated heterocycles. The van der Waals surface area contributed by atoms with E-state index in [2.05, 4.69) is 20.7 Å². The van der Waals surface area contributed by atoms with Gasteiger partial charge in [0.1, 0.15) is 0 Å². The van der Waals surface area contributed by atoms with Gasteiger partial charge in [0.2, 0.25) is 5.91 Å². The van der Waals surface area contributed by atoms with Gasteiger partial charge in [0.15, 0.2) is 0 Å². The Morgan fingerprint density at radius 3 is 2.19 bits per heavy atom. The molecule has 0 saturated carbocycles. The summed E-state index contributed by atoms with van der Waals surface area (Å²) in [5.74, 6) is -0.558. The fourth-order valence-electron chi connectivity index (χ4n) is 1.75. The molecule has 0 atom stereocenters. The number of carbonyl (C=O) groups is 1. The van der Waals surface area contributed by atoms with Gasteiger partial charge in [-0.1, -0.05) is 45.8 Å². The van der Waals surface area contributed by atoms with Crippen molar-refractivity contribution < 1.29 is 13.2 Å². The van der Waals surface area contributed by atoms with Crippen LogP contribution in [0.15, 0.2) is 57.9 Å². The maximum absolute atomic E-state index is 12.1. The maximum Gasteiger partial charge on any atom is 0.264 e. The number of nitrogens with one attached hydrogen (secondary N) is 1. The number of amides is 1. The van der Waals surface area contributed by atoms with Crippen LogP contribution in [-0.4, -0.2) is 14.3 Å². The Morgan fingerprint density at radius 2 is 1.62 bits per heavy atom. The van der Waals surface area contributed by atoms with Crippen molar-refractivity contribution in [2.45, 2.75) is 18.2 Å². The number of halogens is 1. The number of rotatable bonds is 4. The van der Waals surface area contributed by atoms with E-state index in [-0.39, 0.29) is 11.3 Å². The normalized spacial score (nSPS) is 11.1. The Bertz CT molecular complexity index is 737. The minimum absolute atomic E-state index is 0.0123. The summed E-state index contributed by atoms with van der Waals surface area (Å²) < 4.78 is 27.1. The van der Waals surface area contributed by atoms with Crippen molar-refractivity contribution in [2.75, 3.05) is 0 Å². The summed E-state index contributed by atoms with van der Waals surface area (Å²) in [6, 6.07) is 13.5. The number of aryl methyl sites for hydroxylation is 1. The summed E-state index contributed by atoms with van der Waals surface area (Å²) in [4.78, 5) is 11.9. The molecule has 0 radical (unpaired) electrons. The first kappa shape index (κ1) is 15.7. The van der Waals surface area contributed by atoms with Crippen LogP contribution < -0.4 is 4.72 Å². The van der Waals surface area contributed by atoms with E-state index in [0.717, 1.165) is 15.6 Å². The summed E-state index contributed by atoms with van der Waals surface area (Å²) >= 11 is 3.30. The quantitative estimate of drug-likeness (QED) is 0.903. The molecule has 2 aromatic carbocycles. The molecular weight excluding hydrogens is 354 g/mol. The molecule has 0 aliphatic carbocycles. The molecule has 110 valence electrons. The average molecular weight is 368 g/mol. The number of carbonyl (C=O) groups excluding carboxylic acids is 1. The zero-order chi connectivity index (χ0) is 15.5. The molecule has 21 heavy (non-hydrogen) atoms. The lowest BCUT2D eigenvalue weighted by Crippen LogP contribution is -2.31. The summed E-state index contributed by atoms with van der Waals surface area (Å²) in [5, 5.41) is 0. The van der Waals surface area contributed by atoms with Gasteiger partial charge in [-0.15, -0.1) is 0 Å². The maximum atomic E-state index is 12.1. The zero-order valence-electron chi connectivity index (χ0n) is 11.3. The lowest BCUT2D eigenvalue weighted by Gasteiger charge is -2.07. The van der Waals surface area contributed by atoms with Crippen molar-refractivity contribution in [3.05, 3.63) is 64.1 Å². The summed E-state index contributed by atoms with van der Waals surface area (Å²) in [7, 11) is -3.81. The van der Waals surface area contributed by atoms with Gasteiger partial charge in [0, 0.05) is 4.47 Å². The molecular formula is C15H14BrNO3S. The van der Waals surface area contributed by atoms with Gasteiger partial charge in [-0.25, -0.2) is 13.1 Å². The van der Waals surface area contributed by atoms with Gasteiger partial charge in [0.05, 0.1) is 11.3 Å². The Labute approximate surface area is 132 Å². The molecule has 0 aliphatic heterocycles. The van der Waals surface area contributed by atoms with Crippen molar-refractivity contribution >= 4 is 31.9 Å². The van der Waals surface area contributed by atoms with E-state index in [4.69, 9.17) is 0 Å². The predicted octanol–water partition coefficient (Wildman–Crippen LogP) is 2.81. The third kappa shape index (κ3) is 4.41. The van der Waals surface area contributed by atoms with Gasteiger partial charge in [-0.2, -0.15) is 0 Å². The Kier molecular flexibility index (Phi) is 4.80. The van der Waals surface area contributed by atoms with Crippen LogP contribution in [0.5, 0.6) is 0 Å². The van der Waals surface area contributed by atoms with Crippen molar-refractivity contribution in [3.8, 4) is 0 Å². The highest BCUT2D eigenvalue weighted by atomic mass is 79.9. The van der Waals surface area contributed by atoms with Crippen molar-refractivity contribution in [1.29, 1.82) is 0 Å². The second kappa shape index (κ2) is 6.41. The summed E-state index contributed by atoms with van der Waals surface area (Å²) in [6.07, 6.45) is 0.0123. The Morgan fingerprint density at radius 1 is 1.05 bits per heavy atom. The molecule has 2 rings (SSSR count). The van der Waals surface area contributed by atoms with Crippen molar-refractivity contribution in [2.24, 2.45) is 0 Å². The monoisotopic (exact) mass is 367 g/mol. The standard InChI is InChI=1S/C15H14BrNO3S/c1-11-2-8-14(9-3-11)21(19,20)17-15(18)10-12-4-6-13(16)7-5-12/h2-9H,10H2,1H3,(H,17,18). The van der Waals surface area contributed by atoms with Crippen LogP contribution in [0.25, 0.3) is 0 Å². The second-order valence-corrected chi connectivity index (χ2v) is 7.24. The van der Waals surface area contributed by atoms with Crippen LogP contribution in [-0.2, 0) is 21.2 Å². The molecule has 0 bridgehead atoms. The third-order valence-electron chi connectivity index (χ3n) is 2.86. The van der Waals surface area contributed by atoms with E-state index in [1.54, 1.807) is 36.4 Å². The molecule has 0 aromatic heterocycles. The smallest absolute Gasteiger partial charge is 0.264 e. The van der Waals surface area contributed by atoms with Crippen LogP contribution in [0.3, 0.4) is 0 Å². The zero-order valence-corrected chi connectivity index (χ0v) is 13.7. The Balaban J connectivity index is 2.07. The largest absolute Gasteiger partial charge is 0.274 e. The number of benzene rings is 2. The first-order valence-corrected chi connectivity index (χ1v) is 8.51. The molecule has 0 aliphatic rings. The number of sulfonamides is 1. The molecule has 2 aromatic rings. The average Bonchev–Trinajstić information content (AvgIpc) is 2.41. The molecule has 1 amide bonds. The number of hydrogen-bond acceptors (Lipinski definition) is 3. The molecule has 6 heteroatoms. The van der Waals surface area contributed by atoms with Crippen molar-refractivity contribution in [3.63, 3.8) is 0 Å². The van der Waals surface area contributed by atoms with Gasteiger partial charge in [-0.3, -0.25) is 4.79 Å². The molecule has 0 fully saturated rings. The van der Waals surface area contributed by atoms with E-state index >= 15 is 0 Å².